The lowest BCUT2D eigenvalue weighted by atomic mass is 9.88. The minimum atomic E-state index is -0.657. The van der Waals surface area contributed by atoms with Crippen molar-refractivity contribution in [2.75, 3.05) is 19.6 Å². The number of halogens is 1. The molecule has 1 aromatic carbocycles. The lowest BCUT2D eigenvalue weighted by molar-refractivity contribution is 0.0141. The highest BCUT2D eigenvalue weighted by molar-refractivity contribution is 5.68. The van der Waals surface area contributed by atoms with Gasteiger partial charge in [0.15, 0.2) is 0 Å². The molecule has 1 fully saturated rings. The lowest BCUT2D eigenvalue weighted by Crippen LogP contribution is -2.45. The number of benzene rings is 1. The zero-order valence-corrected chi connectivity index (χ0v) is 13.6. The van der Waals surface area contributed by atoms with E-state index in [0.717, 1.165) is 24.0 Å². The molecular weight excluding hydrogens is 283 g/mol. The van der Waals surface area contributed by atoms with Crippen LogP contribution in [0.15, 0.2) is 18.2 Å². The maximum absolute atomic E-state index is 13.2. The third-order valence-electron chi connectivity index (χ3n) is 4.21. The normalized spacial score (nSPS) is 19.1. The average molecular weight is 308 g/mol. The predicted octanol–water partition coefficient (Wildman–Crippen LogP) is 3.19. The number of aryl methyl sites for hydroxylation is 1. The molecule has 1 atom stereocenters. The van der Waals surface area contributed by atoms with Gasteiger partial charge in [0.05, 0.1) is 0 Å². The highest BCUT2D eigenvalue weighted by atomic mass is 19.1. The number of hydrogen-bond donors (Lipinski definition) is 1. The van der Waals surface area contributed by atoms with Gasteiger partial charge in [-0.2, -0.15) is 0 Å². The van der Waals surface area contributed by atoms with Crippen LogP contribution in [-0.4, -0.2) is 36.2 Å². The first-order chi connectivity index (χ1) is 10.3. The van der Waals surface area contributed by atoms with E-state index in [-0.39, 0.29) is 24.4 Å². The lowest BCUT2D eigenvalue weighted by Gasteiger charge is -2.35. The molecule has 0 spiro atoms. The van der Waals surface area contributed by atoms with E-state index >= 15 is 0 Å². The largest absolute Gasteiger partial charge is 0.442 e. The summed E-state index contributed by atoms with van der Waals surface area (Å²) in [6.07, 6.45) is 1.59. The van der Waals surface area contributed by atoms with Gasteiger partial charge in [-0.25, -0.2) is 9.18 Å². The second-order valence-corrected chi connectivity index (χ2v) is 6.62. The molecule has 122 valence electrons. The van der Waals surface area contributed by atoms with Gasteiger partial charge in [0, 0.05) is 25.6 Å². The highest BCUT2D eigenvalue weighted by Crippen LogP contribution is 2.30. The Labute approximate surface area is 131 Å². The number of nitrogens with zero attached hydrogens (tertiary/aromatic N) is 1. The van der Waals surface area contributed by atoms with Crippen LogP contribution in [0.25, 0.3) is 0 Å². The number of ether oxygens (including phenoxy) is 1. The number of likely N-dealkylation sites (tertiary alicyclic amines) is 1. The Morgan fingerprint density at radius 3 is 2.86 bits per heavy atom. The summed E-state index contributed by atoms with van der Waals surface area (Å²) in [6.45, 7) is 7.09. The van der Waals surface area contributed by atoms with Crippen molar-refractivity contribution in [1.29, 1.82) is 0 Å². The van der Waals surface area contributed by atoms with Crippen molar-refractivity contribution in [2.45, 2.75) is 45.1 Å². The molecule has 22 heavy (non-hydrogen) atoms. The van der Waals surface area contributed by atoms with E-state index in [1.165, 1.54) is 6.07 Å². The van der Waals surface area contributed by atoms with E-state index in [1.54, 1.807) is 24.8 Å². The fourth-order valence-electron chi connectivity index (χ4n) is 2.84. The minimum absolute atomic E-state index is 0.224. The molecule has 1 heterocycles. The van der Waals surface area contributed by atoms with Crippen LogP contribution in [0, 0.1) is 12.7 Å². The van der Waals surface area contributed by atoms with Crippen molar-refractivity contribution in [3.05, 3.63) is 35.1 Å². The summed E-state index contributed by atoms with van der Waals surface area (Å²) in [6, 6.07) is 4.86. The van der Waals surface area contributed by atoms with Crippen LogP contribution in [0.3, 0.4) is 0 Å². The third-order valence-corrected chi connectivity index (χ3v) is 4.21. The maximum Gasteiger partial charge on any atom is 0.410 e. The number of amides is 1. The van der Waals surface area contributed by atoms with E-state index in [4.69, 9.17) is 10.5 Å². The topological polar surface area (TPSA) is 55.6 Å². The summed E-state index contributed by atoms with van der Waals surface area (Å²) < 4.78 is 18.7. The van der Waals surface area contributed by atoms with Crippen LogP contribution in [0.5, 0.6) is 0 Å². The minimum Gasteiger partial charge on any atom is -0.442 e. The van der Waals surface area contributed by atoms with E-state index < -0.39 is 5.60 Å². The second kappa shape index (κ2) is 6.65. The van der Waals surface area contributed by atoms with Crippen molar-refractivity contribution in [3.8, 4) is 0 Å². The molecule has 1 unspecified atom stereocenters. The molecule has 1 saturated heterocycles. The zero-order valence-electron chi connectivity index (χ0n) is 13.6. The van der Waals surface area contributed by atoms with Gasteiger partial charge >= 0.3 is 6.09 Å². The molecule has 0 aromatic heterocycles. The predicted molar refractivity (Wildman–Crippen MR) is 84.3 cm³/mol. The molecule has 0 radical (unpaired) electrons. The molecule has 0 saturated carbocycles. The fraction of sp³-hybridized carbons (Fsp3) is 0.588. The van der Waals surface area contributed by atoms with Gasteiger partial charge in [-0.05, 0) is 56.9 Å². The molecule has 1 aliphatic heterocycles. The molecule has 0 bridgehead atoms. The van der Waals surface area contributed by atoms with Gasteiger partial charge in [-0.1, -0.05) is 6.07 Å². The van der Waals surface area contributed by atoms with Gasteiger partial charge in [0.2, 0.25) is 0 Å². The molecule has 0 aliphatic carbocycles. The number of rotatable bonds is 3. The summed E-state index contributed by atoms with van der Waals surface area (Å²) in [5.41, 5.74) is 6.99. The summed E-state index contributed by atoms with van der Waals surface area (Å²) >= 11 is 0. The van der Waals surface area contributed by atoms with Crippen molar-refractivity contribution in [3.63, 3.8) is 0 Å². The fourth-order valence-corrected chi connectivity index (χ4v) is 2.84. The molecule has 2 N–H and O–H groups in total. The van der Waals surface area contributed by atoms with E-state index in [9.17, 15) is 9.18 Å². The number of carbonyl (C=O) groups is 1. The van der Waals surface area contributed by atoms with Crippen LogP contribution in [0.1, 0.15) is 43.7 Å². The first-order valence-corrected chi connectivity index (χ1v) is 7.76. The number of carbonyl (C=O) groups excluding carboxylic acids is 1. The molecular formula is C17H25FN2O2. The third kappa shape index (κ3) is 3.97. The maximum atomic E-state index is 13.2. The van der Waals surface area contributed by atoms with Gasteiger partial charge in [0.1, 0.15) is 11.4 Å². The van der Waals surface area contributed by atoms with E-state index in [1.807, 2.05) is 13.0 Å². The molecule has 2 rings (SSSR count). The molecule has 1 amide bonds. The quantitative estimate of drug-likeness (QED) is 0.933. The monoisotopic (exact) mass is 308 g/mol. The Balaban J connectivity index is 2.07. The summed E-state index contributed by atoms with van der Waals surface area (Å²) in [5.74, 6) is 0.000842. The van der Waals surface area contributed by atoms with Gasteiger partial charge < -0.3 is 15.4 Å². The molecule has 1 aliphatic rings. The van der Waals surface area contributed by atoms with Crippen LogP contribution < -0.4 is 5.73 Å². The Morgan fingerprint density at radius 2 is 2.23 bits per heavy atom. The molecule has 5 heteroatoms. The smallest absolute Gasteiger partial charge is 0.410 e. The van der Waals surface area contributed by atoms with Crippen molar-refractivity contribution < 1.29 is 13.9 Å². The van der Waals surface area contributed by atoms with Gasteiger partial charge in [-0.3, -0.25) is 0 Å². The summed E-state index contributed by atoms with van der Waals surface area (Å²) in [7, 11) is 0. The van der Waals surface area contributed by atoms with Crippen LogP contribution in [0.4, 0.5) is 9.18 Å². The van der Waals surface area contributed by atoms with Gasteiger partial charge in [-0.15, -0.1) is 0 Å². The van der Waals surface area contributed by atoms with Crippen LogP contribution in [-0.2, 0) is 4.74 Å². The Bertz CT molecular complexity index is 545. The zero-order chi connectivity index (χ0) is 16.3. The number of nitrogens with two attached hydrogens (primary N) is 1. The number of piperidine rings is 1. The standard InChI is InChI=1S/C17H25FN2O2/c1-12-9-14(18)6-7-15(12)13-5-4-8-20(10-13)16(21)22-17(2,3)11-19/h6-7,9,13H,4-5,8,10-11,19H2,1-3H3. The van der Waals surface area contributed by atoms with Gasteiger partial charge in [0.25, 0.3) is 0 Å². The van der Waals surface area contributed by atoms with Crippen molar-refractivity contribution in [2.24, 2.45) is 5.73 Å². The first-order valence-electron chi connectivity index (χ1n) is 7.76. The first kappa shape index (κ1) is 16.7. The second-order valence-electron chi connectivity index (χ2n) is 6.62. The Morgan fingerprint density at radius 1 is 1.50 bits per heavy atom. The summed E-state index contributed by atoms with van der Waals surface area (Å²) in [4.78, 5) is 14.0. The molecule has 1 aromatic rings. The molecule has 4 nitrogen and oxygen atoms in total. The highest BCUT2D eigenvalue weighted by Gasteiger charge is 2.30. The Hall–Kier alpha value is -1.62. The van der Waals surface area contributed by atoms with Crippen molar-refractivity contribution >= 4 is 6.09 Å². The Kier molecular flexibility index (Phi) is 5.06. The number of hydrogen-bond acceptors (Lipinski definition) is 3. The van der Waals surface area contributed by atoms with E-state index in [0.29, 0.717) is 13.1 Å². The average Bonchev–Trinajstić information content (AvgIpc) is 2.47. The SMILES string of the molecule is Cc1cc(F)ccc1C1CCCN(C(=O)OC(C)(C)CN)C1. The van der Waals surface area contributed by atoms with E-state index in [2.05, 4.69) is 0 Å². The van der Waals surface area contributed by atoms with Crippen molar-refractivity contribution in [1.82, 2.24) is 4.90 Å². The summed E-state index contributed by atoms with van der Waals surface area (Å²) in [5, 5.41) is 0. The van der Waals surface area contributed by atoms with Crippen LogP contribution in [0.2, 0.25) is 0 Å². The van der Waals surface area contributed by atoms with Crippen LogP contribution >= 0.6 is 0 Å².